The molecule has 0 bridgehead atoms. The molecule has 1 aromatic carbocycles. The Bertz CT molecular complexity index is 2360. The summed E-state index contributed by atoms with van der Waals surface area (Å²) < 4.78 is 0. The number of aromatic amines is 1. The van der Waals surface area contributed by atoms with Crippen LogP contribution in [-0.4, -0.2) is 164 Å². The van der Waals surface area contributed by atoms with E-state index in [-0.39, 0.29) is 115 Å². The van der Waals surface area contributed by atoms with Crippen LogP contribution >= 0.6 is 11.8 Å². The highest BCUT2D eigenvalue weighted by molar-refractivity contribution is 7.98. The molecule has 0 saturated carbocycles. The fourth-order valence-corrected chi connectivity index (χ4v) is 8.89. The van der Waals surface area contributed by atoms with E-state index in [9.17, 15) is 43.2 Å². The average molecular weight is 1160 g/mol. The minimum atomic E-state index is -1.33. The zero-order valence-corrected chi connectivity index (χ0v) is 47.8. The number of guanidine groups is 2. The van der Waals surface area contributed by atoms with Crippen molar-refractivity contribution in [2.24, 2.45) is 55.9 Å². The van der Waals surface area contributed by atoms with Crippen LogP contribution < -0.4 is 88.4 Å². The third-order valence-electron chi connectivity index (χ3n) is 12.9. The summed E-state index contributed by atoms with van der Waals surface area (Å²) in [4.78, 5) is 134. The van der Waals surface area contributed by atoms with Gasteiger partial charge in [-0.1, -0.05) is 25.1 Å². The maximum Gasteiger partial charge on any atom is 0.243 e. The monoisotopic (exact) mass is 1160 g/mol. The van der Waals surface area contributed by atoms with Gasteiger partial charge in [0.25, 0.3) is 0 Å². The van der Waals surface area contributed by atoms with Crippen LogP contribution in [0.5, 0.6) is 0 Å². The second-order valence-corrected chi connectivity index (χ2v) is 20.4. The molecule has 0 saturated heterocycles. The Kier molecular flexibility index (Phi) is 34.5. The van der Waals surface area contributed by atoms with E-state index in [1.807, 2.05) is 24.3 Å². The number of carbonyl (C=O) groups excluding carboxylic acids is 9. The largest absolute Gasteiger partial charge is 0.370 e. The highest BCUT2D eigenvalue weighted by Crippen LogP contribution is 2.20. The normalized spacial score (nSPS) is 13.6. The molecule has 28 nitrogen and oxygen atoms in total. The standard InChI is InChI=1S/C52H91N19O9S/c1-3-42(72)61-28-21-43(73)65-36(19-12-26-62-51(57)58)45(75)68-39(20-13-27-63-52(59)60)47(77)70-40(22-29-81-2)49(79)67-38(18-8-11-25-55)48(78)71-41(30-32-31-64-34-15-5-4-14-33(32)34)50(80)69-37(17-7-10-24-54)46(76)66-35(44(56)74)16-6-9-23-53/h4-5,14-15,31,35-41,64H,3,6-13,16-30,53-55H2,1-2H3,(H2,56,74)(H,61,72)(H,65,73)(H,66,76)(H,67,79)(H,68,75)(H,69,80)(H,70,77)(H,71,78)(H4,57,58,62)(H4,59,60,63)/t35-,36-,37-,38-,39-,40-,41-/m1/s1. The van der Waals surface area contributed by atoms with E-state index in [2.05, 4.69) is 57.5 Å². The molecular formula is C52H91N19O9S. The number of benzene rings is 1. The number of carbonyl (C=O) groups is 9. The first-order chi connectivity index (χ1) is 38.8. The molecule has 0 aliphatic heterocycles. The number of para-hydroxylation sites is 1. The Hall–Kier alpha value is -7.24. The number of aromatic nitrogens is 1. The predicted octanol–water partition coefficient (Wildman–Crippen LogP) is -3.25. The Morgan fingerprint density at radius 3 is 1.37 bits per heavy atom. The number of hydrogen-bond acceptors (Lipinski definition) is 15. The Morgan fingerprint density at radius 1 is 0.519 bits per heavy atom. The first-order valence-corrected chi connectivity index (χ1v) is 29.1. The lowest BCUT2D eigenvalue weighted by Gasteiger charge is -2.28. The molecule has 454 valence electrons. The van der Waals surface area contributed by atoms with Gasteiger partial charge in [-0.25, -0.2) is 0 Å². The SMILES string of the molecule is CCC(=O)NCCC(=O)N[C@H](CCCN=C(N)N)C(=O)N[C@H](CCCN=C(N)N)C(=O)N[C@H](CCSC)C(=O)N[C@H](CCCCN)C(=O)N[C@H](Cc1c[nH]c2ccccc12)C(=O)N[C@H](CCCCN)C(=O)N[C@H](CCCCN)C(N)=O. The van der Waals surface area contributed by atoms with Gasteiger partial charge in [0.05, 0.1) is 0 Å². The molecule has 0 unspecified atom stereocenters. The van der Waals surface area contributed by atoms with E-state index < -0.39 is 89.6 Å². The van der Waals surface area contributed by atoms with Crippen LogP contribution in [-0.2, 0) is 49.6 Å². The van der Waals surface area contributed by atoms with Crippen LogP contribution in [0, 0.1) is 0 Å². The lowest BCUT2D eigenvalue weighted by atomic mass is 10.0. The van der Waals surface area contributed by atoms with E-state index in [1.165, 1.54) is 11.8 Å². The molecule has 2 aromatic rings. The third kappa shape index (κ3) is 28.2. The molecule has 7 atom stereocenters. The zero-order valence-electron chi connectivity index (χ0n) is 47.0. The molecule has 1 aromatic heterocycles. The molecule has 29 heteroatoms. The predicted molar refractivity (Wildman–Crippen MR) is 314 cm³/mol. The van der Waals surface area contributed by atoms with Gasteiger partial charge in [-0.2, -0.15) is 11.8 Å². The van der Waals surface area contributed by atoms with Crippen LogP contribution in [0.3, 0.4) is 0 Å². The molecule has 0 spiro atoms. The number of aliphatic imine (C=N–C) groups is 2. The van der Waals surface area contributed by atoms with Gasteiger partial charge in [-0.05, 0) is 133 Å². The van der Waals surface area contributed by atoms with Crippen LogP contribution in [0.15, 0.2) is 40.4 Å². The number of H-pyrrole nitrogens is 1. The minimum absolute atomic E-state index is 0.0149. The number of amides is 9. The van der Waals surface area contributed by atoms with Gasteiger partial charge in [0.1, 0.15) is 42.3 Å². The van der Waals surface area contributed by atoms with Gasteiger partial charge in [0, 0.05) is 56.0 Å². The van der Waals surface area contributed by atoms with Crippen molar-refractivity contribution in [3.8, 4) is 0 Å². The van der Waals surface area contributed by atoms with Gasteiger partial charge in [-0.15, -0.1) is 0 Å². The fourth-order valence-electron chi connectivity index (χ4n) is 8.42. The van der Waals surface area contributed by atoms with E-state index >= 15 is 0 Å². The summed E-state index contributed by atoms with van der Waals surface area (Å²) in [7, 11) is 0. The highest BCUT2D eigenvalue weighted by Gasteiger charge is 2.34. The maximum atomic E-state index is 14.7. The van der Waals surface area contributed by atoms with Gasteiger partial charge < -0.3 is 93.4 Å². The molecule has 25 N–H and O–H groups in total. The zero-order chi connectivity index (χ0) is 60.1. The number of nitrogens with two attached hydrogens (primary N) is 8. The van der Waals surface area contributed by atoms with E-state index in [4.69, 9.17) is 45.9 Å². The van der Waals surface area contributed by atoms with Crippen LogP contribution in [0.4, 0.5) is 0 Å². The lowest BCUT2D eigenvalue weighted by Crippen LogP contribution is -2.60. The molecule has 1 heterocycles. The van der Waals surface area contributed by atoms with Crippen LogP contribution in [0.25, 0.3) is 10.9 Å². The summed E-state index contributed by atoms with van der Waals surface area (Å²) in [5.74, 6) is -5.98. The number of unbranched alkanes of at least 4 members (excludes halogenated alkanes) is 3. The number of nitrogens with one attached hydrogen (secondary N) is 9. The van der Waals surface area contributed by atoms with E-state index in [1.54, 1.807) is 19.4 Å². The number of fused-ring (bicyclic) bond motifs is 1. The Morgan fingerprint density at radius 2 is 0.926 bits per heavy atom. The third-order valence-corrected chi connectivity index (χ3v) is 13.6. The van der Waals surface area contributed by atoms with Crippen molar-refractivity contribution in [1.82, 2.24) is 47.5 Å². The summed E-state index contributed by atoms with van der Waals surface area (Å²) >= 11 is 1.39. The van der Waals surface area contributed by atoms with Crippen molar-refractivity contribution < 1.29 is 43.2 Å². The molecule has 2 rings (SSSR count). The van der Waals surface area contributed by atoms with Crippen molar-refractivity contribution in [1.29, 1.82) is 0 Å². The van der Waals surface area contributed by atoms with Crippen molar-refractivity contribution in [3.63, 3.8) is 0 Å². The van der Waals surface area contributed by atoms with Crippen LogP contribution in [0.2, 0.25) is 0 Å². The first-order valence-electron chi connectivity index (χ1n) is 27.7. The highest BCUT2D eigenvalue weighted by atomic mass is 32.2. The van der Waals surface area contributed by atoms with Crippen molar-refractivity contribution in [3.05, 3.63) is 36.0 Å². The molecular weight excluding hydrogens is 1070 g/mol. The first kappa shape index (κ1) is 69.9. The van der Waals surface area contributed by atoms with Crippen molar-refractivity contribution in [2.75, 3.05) is 51.3 Å². The van der Waals surface area contributed by atoms with E-state index in [0.717, 1.165) is 10.9 Å². The van der Waals surface area contributed by atoms with Crippen molar-refractivity contribution >= 4 is 87.7 Å². The quantitative estimate of drug-likeness (QED) is 0.0176. The topological polar surface area (TPSA) is 499 Å². The van der Waals surface area contributed by atoms with E-state index in [0.29, 0.717) is 62.9 Å². The molecule has 0 aliphatic carbocycles. The van der Waals surface area contributed by atoms with Crippen LogP contribution in [0.1, 0.15) is 115 Å². The maximum absolute atomic E-state index is 14.7. The second kappa shape index (κ2) is 40.0. The molecule has 0 aliphatic rings. The number of hydrogen-bond donors (Lipinski definition) is 17. The molecule has 9 amide bonds. The Balaban J connectivity index is 2.55. The summed E-state index contributed by atoms with van der Waals surface area (Å²) in [5.41, 5.74) is 46.5. The average Bonchev–Trinajstić information content (AvgIpc) is 3.87. The summed E-state index contributed by atoms with van der Waals surface area (Å²) in [6.07, 6.45) is 7.37. The fraction of sp³-hybridized carbons (Fsp3) is 0.635. The molecule has 0 fully saturated rings. The van der Waals surface area contributed by atoms with Gasteiger partial charge in [-0.3, -0.25) is 53.1 Å². The molecule has 81 heavy (non-hydrogen) atoms. The second-order valence-electron chi connectivity index (χ2n) is 19.4. The number of rotatable bonds is 43. The number of nitrogens with zero attached hydrogens (tertiary/aromatic N) is 2. The van der Waals surface area contributed by atoms with Gasteiger partial charge in [0.2, 0.25) is 53.2 Å². The minimum Gasteiger partial charge on any atom is -0.370 e. The van der Waals surface area contributed by atoms with Crippen molar-refractivity contribution in [2.45, 2.75) is 158 Å². The Labute approximate surface area is 478 Å². The summed E-state index contributed by atoms with van der Waals surface area (Å²) in [5, 5.41) is 22.6. The number of primary amides is 1. The number of thioether (sulfide) groups is 1. The smallest absolute Gasteiger partial charge is 0.243 e. The van der Waals surface area contributed by atoms with Gasteiger partial charge in [0.15, 0.2) is 11.9 Å². The summed E-state index contributed by atoms with van der Waals surface area (Å²) in [6.45, 7) is 2.84. The molecule has 0 radical (unpaired) electrons. The van der Waals surface area contributed by atoms with Gasteiger partial charge >= 0.3 is 0 Å². The lowest BCUT2D eigenvalue weighted by molar-refractivity contribution is -0.136. The summed E-state index contributed by atoms with van der Waals surface area (Å²) in [6, 6.07) is -1.21.